The van der Waals surface area contributed by atoms with Gasteiger partial charge in [0.05, 0.1) is 6.61 Å². The van der Waals surface area contributed by atoms with Gasteiger partial charge in [0.15, 0.2) is 0 Å². The molecule has 16 heavy (non-hydrogen) atoms. The van der Waals surface area contributed by atoms with Gasteiger partial charge in [-0.05, 0) is 32.4 Å². The number of carbonyl (C=O) groups excluding carboxylic acids is 1. The van der Waals surface area contributed by atoms with Gasteiger partial charge in [0.25, 0.3) is 0 Å². The van der Waals surface area contributed by atoms with Gasteiger partial charge in [-0.1, -0.05) is 0 Å². The van der Waals surface area contributed by atoms with Gasteiger partial charge in [-0.25, -0.2) is 4.79 Å². The highest BCUT2D eigenvalue weighted by Gasteiger charge is 2.14. The van der Waals surface area contributed by atoms with Crippen LogP contribution in [-0.4, -0.2) is 17.1 Å². The van der Waals surface area contributed by atoms with Crippen molar-refractivity contribution >= 4 is 5.97 Å². The third-order valence-corrected chi connectivity index (χ3v) is 2.29. The van der Waals surface area contributed by atoms with Crippen LogP contribution in [0.25, 0.3) is 0 Å². The SMILES string of the molecule is CC#CCCn1ccc(C)c1C(=O)OCC. The van der Waals surface area contributed by atoms with Crippen molar-refractivity contribution in [2.24, 2.45) is 0 Å². The molecule has 0 spiro atoms. The quantitative estimate of drug-likeness (QED) is 0.575. The highest BCUT2D eigenvalue weighted by atomic mass is 16.5. The second kappa shape index (κ2) is 6.02. The van der Waals surface area contributed by atoms with Crippen molar-refractivity contribution in [2.45, 2.75) is 33.7 Å². The highest BCUT2D eigenvalue weighted by Crippen LogP contribution is 2.12. The average Bonchev–Trinajstić information content (AvgIpc) is 2.61. The van der Waals surface area contributed by atoms with Gasteiger partial charge in [0.1, 0.15) is 5.69 Å². The smallest absolute Gasteiger partial charge is 0.355 e. The second-order valence-corrected chi connectivity index (χ2v) is 3.44. The molecule has 3 heteroatoms. The van der Waals surface area contributed by atoms with Crippen molar-refractivity contribution < 1.29 is 9.53 Å². The van der Waals surface area contributed by atoms with Crippen LogP contribution in [0.1, 0.15) is 36.3 Å². The van der Waals surface area contributed by atoms with Crippen LogP contribution in [0.15, 0.2) is 12.3 Å². The summed E-state index contributed by atoms with van der Waals surface area (Å²) in [5, 5.41) is 0. The van der Waals surface area contributed by atoms with E-state index in [1.807, 2.05) is 37.6 Å². The molecule has 0 N–H and O–H groups in total. The minimum absolute atomic E-state index is 0.255. The molecule has 0 atom stereocenters. The van der Waals surface area contributed by atoms with Crippen LogP contribution in [0.4, 0.5) is 0 Å². The molecule has 0 unspecified atom stereocenters. The van der Waals surface area contributed by atoms with E-state index in [4.69, 9.17) is 4.74 Å². The van der Waals surface area contributed by atoms with Gasteiger partial charge < -0.3 is 9.30 Å². The summed E-state index contributed by atoms with van der Waals surface area (Å²) in [7, 11) is 0. The average molecular weight is 219 g/mol. The molecule has 0 aliphatic heterocycles. The van der Waals surface area contributed by atoms with Crippen LogP contribution in [0.5, 0.6) is 0 Å². The van der Waals surface area contributed by atoms with Gasteiger partial charge in [-0.15, -0.1) is 11.8 Å². The standard InChI is InChI=1S/C13H17NO2/c1-4-6-7-9-14-10-8-11(3)12(14)13(15)16-5-2/h8,10H,5,7,9H2,1-3H3. The molecule has 3 nitrogen and oxygen atoms in total. The normalized spacial score (nSPS) is 9.44. The number of hydrogen-bond donors (Lipinski definition) is 0. The molecule has 0 radical (unpaired) electrons. The molecule has 0 aliphatic carbocycles. The van der Waals surface area contributed by atoms with Crippen LogP contribution in [0, 0.1) is 18.8 Å². The number of carbonyl (C=O) groups is 1. The lowest BCUT2D eigenvalue weighted by atomic mass is 10.2. The number of ether oxygens (including phenoxy) is 1. The fourth-order valence-corrected chi connectivity index (χ4v) is 1.55. The zero-order valence-electron chi connectivity index (χ0n) is 10.0. The van der Waals surface area contributed by atoms with E-state index in [1.54, 1.807) is 0 Å². The molecular weight excluding hydrogens is 202 g/mol. The molecule has 0 saturated carbocycles. The Hall–Kier alpha value is -1.69. The molecule has 0 saturated heterocycles. The molecule has 1 rings (SSSR count). The van der Waals surface area contributed by atoms with Gasteiger partial charge >= 0.3 is 5.97 Å². The minimum atomic E-state index is -0.255. The number of aryl methyl sites for hydroxylation is 2. The van der Waals surface area contributed by atoms with Crippen molar-refractivity contribution in [3.8, 4) is 11.8 Å². The number of esters is 1. The van der Waals surface area contributed by atoms with Crippen LogP contribution in [0.2, 0.25) is 0 Å². The Morgan fingerprint density at radius 3 is 2.94 bits per heavy atom. The van der Waals surface area contributed by atoms with Gasteiger partial charge in [0.2, 0.25) is 0 Å². The molecule has 0 bridgehead atoms. The summed E-state index contributed by atoms with van der Waals surface area (Å²) in [5.41, 5.74) is 1.59. The number of rotatable bonds is 4. The van der Waals surface area contributed by atoms with Crippen LogP contribution < -0.4 is 0 Å². The largest absolute Gasteiger partial charge is 0.461 e. The monoisotopic (exact) mass is 219 g/mol. The number of nitrogens with zero attached hydrogens (tertiary/aromatic N) is 1. The lowest BCUT2D eigenvalue weighted by Gasteiger charge is -2.07. The first-order chi connectivity index (χ1) is 7.70. The minimum Gasteiger partial charge on any atom is -0.461 e. The number of hydrogen-bond acceptors (Lipinski definition) is 2. The maximum atomic E-state index is 11.7. The van der Waals surface area contributed by atoms with Crippen LogP contribution in [0.3, 0.4) is 0 Å². The molecule has 0 amide bonds. The summed E-state index contributed by atoms with van der Waals surface area (Å²) in [6.07, 6.45) is 2.65. The Bertz CT molecular complexity index is 421. The van der Waals surface area contributed by atoms with E-state index in [-0.39, 0.29) is 5.97 Å². The van der Waals surface area contributed by atoms with Crippen molar-refractivity contribution in [3.05, 3.63) is 23.5 Å². The number of aromatic nitrogens is 1. The fourth-order valence-electron chi connectivity index (χ4n) is 1.55. The lowest BCUT2D eigenvalue weighted by Crippen LogP contribution is -2.13. The van der Waals surface area contributed by atoms with E-state index in [1.165, 1.54) is 0 Å². The summed E-state index contributed by atoms with van der Waals surface area (Å²) in [6.45, 7) is 6.66. The van der Waals surface area contributed by atoms with Crippen LogP contribution >= 0.6 is 0 Å². The maximum Gasteiger partial charge on any atom is 0.355 e. The zero-order chi connectivity index (χ0) is 12.0. The van der Waals surface area contributed by atoms with E-state index < -0.39 is 0 Å². The fraction of sp³-hybridized carbons (Fsp3) is 0.462. The topological polar surface area (TPSA) is 31.2 Å². The lowest BCUT2D eigenvalue weighted by molar-refractivity contribution is 0.0513. The summed E-state index contributed by atoms with van der Waals surface area (Å²) in [4.78, 5) is 11.7. The first-order valence-corrected chi connectivity index (χ1v) is 5.43. The summed E-state index contributed by atoms with van der Waals surface area (Å²) in [6, 6.07) is 1.92. The Morgan fingerprint density at radius 1 is 1.56 bits per heavy atom. The van der Waals surface area contributed by atoms with E-state index in [9.17, 15) is 4.79 Å². The first kappa shape index (κ1) is 12.4. The van der Waals surface area contributed by atoms with Gasteiger partial charge in [0, 0.05) is 19.2 Å². The molecular formula is C13H17NO2. The predicted molar refractivity (Wildman–Crippen MR) is 63.2 cm³/mol. The second-order valence-electron chi connectivity index (χ2n) is 3.44. The molecule has 0 aliphatic rings. The molecule has 1 heterocycles. The summed E-state index contributed by atoms with van der Waals surface area (Å²) >= 11 is 0. The first-order valence-electron chi connectivity index (χ1n) is 5.43. The Morgan fingerprint density at radius 2 is 2.31 bits per heavy atom. The Kier molecular flexibility index (Phi) is 4.65. The van der Waals surface area contributed by atoms with Crippen molar-refractivity contribution in [1.29, 1.82) is 0 Å². The van der Waals surface area contributed by atoms with E-state index >= 15 is 0 Å². The predicted octanol–water partition coefficient (Wildman–Crippen LogP) is 2.39. The van der Waals surface area contributed by atoms with E-state index in [0.717, 1.165) is 18.5 Å². The van der Waals surface area contributed by atoms with Gasteiger partial charge in [-0.3, -0.25) is 0 Å². The molecule has 86 valence electrons. The zero-order valence-corrected chi connectivity index (χ0v) is 10.0. The molecule has 1 aromatic rings. The maximum absolute atomic E-state index is 11.7. The van der Waals surface area contributed by atoms with Crippen LogP contribution in [-0.2, 0) is 11.3 Å². The highest BCUT2D eigenvalue weighted by molar-refractivity contribution is 5.89. The third kappa shape index (κ3) is 2.90. The summed E-state index contributed by atoms with van der Waals surface area (Å²) in [5.74, 6) is 5.57. The Labute approximate surface area is 96.4 Å². The van der Waals surface area contributed by atoms with Gasteiger partial charge in [-0.2, -0.15) is 0 Å². The molecule has 1 aromatic heterocycles. The van der Waals surface area contributed by atoms with E-state index in [2.05, 4.69) is 11.8 Å². The Balaban J connectivity index is 2.83. The van der Waals surface area contributed by atoms with E-state index in [0.29, 0.717) is 12.3 Å². The summed E-state index contributed by atoms with van der Waals surface area (Å²) < 4.78 is 6.92. The third-order valence-electron chi connectivity index (χ3n) is 2.29. The van der Waals surface area contributed by atoms with Crippen molar-refractivity contribution in [2.75, 3.05) is 6.61 Å². The molecule has 0 fully saturated rings. The molecule has 0 aromatic carbocycles. The van der Waals surface area contributed by atoms with Crippen molar-refractivity contribution in [1.82, 2.24) is 4.57 Å². The van der Waals surface area contributed by atoms with Crippen molar-refractivity contribution in [3.63, 3.8) is 0 Å².